The van der Waals surface area contributed by atoms with E-state index in [0.29, 0.717) is 46.5 Å². The Hall–Kier alpha value is -1.72. The molecule has 0 saturated heterocycles. The van der Waals surface area contributed by atoms with Gasteiger partial charge in [0.1, 0.15) is 32.3 Å². The molecular formula is C45H73ClO2Si4. The summed E-state index contributed by atoms with van der Waals surface area (Å²) in [6.45, 7) is 47.0. The summed E-state index contributed by atoms with van der Waals surface area (Å²) in [7, 11) is -7.97. The first kappa shape index (κ1) is 48.3. The van der Waals surface area contributed by atoms with Crippen LogP contribution in [0.25, 0.3) is 6.08 Å². The predicted octanol–water partition coefficient (Wildman–Crippen LogP) is 13.6. The van der Waals surface area contributed by atoms with Crippen molar-refractivity contribution >= 4 is 50.0 Å². The fourth-order valence-electron chi connectivity index (χ4n) is 8.00. The lowest BCUT2D eigenvalue weighted by atomic mass is 9.86. The van der Waals surface area contributed by atoms with Gasteiger partial charge in [0.05, 0.1) is 11.1 Å². The van der Waals surface area contributed by atoms with Gasteiger partial charge in [-0.15, -0.1) is 22.2 Å². The molecule has 0 unspecified atom stereocenters. The lowest BCUT2D eigenvalue weighted by Crippen LogP contribution is -2.43. The number of halogens is 1. The fourth-order valence-corrected chi connectivity index (χ4v) is 19.5. The molecule has 1 aromatic carbocycles. The van der Waals surface area contributed by atoms with Crippen molar-refractivity contribution in [3.05, 3.63) is 38.9 Å². The van der Waals surface area contributed by atoms with Crippen molar-refractivity contribution in [1.29, 1.82) is 0 Å². The summed E-state index contributed by atoms with van der Waals surface area (Å²) in [5.41, 5.74) is 25.1. The first-order chi connectivity index (χ1) is 23.9. The van der Waals surface area contributed by atoms with Crippen LogP contribution < -0.4 is 0 Å². The zero-order chi connectivity index (χ0) is 40.4. The van der Waals surface area contributed by atoms with Crippen LogP contribution in [0.15, 0.2) is 5.54 Å². The molecule has 0 heterocycles. The summed E-state index contributed by atoms with van der Waals surface area (Å²) >= 11 is 6.59. The minimum atomic E-state index is -2.16. The summed E-state index contributed by atoms with van der Waals surface area (Å²) in [5, 5.41) is 0. The van der Waals surface area contributed by atoms with E-state index in [-0.39, 0.29) is 0 Å². The lowest BCUT2D eigenvalue weighted by Gasteiger charge is -2.38. The van der Waals surface area contributed by atoms with Crippen molar-refractivity contribution in [1.82, 2.24) is 0 Å². The van der Waals surface area contributed by atoms with Crippen LogP contribution in [0.4, 0.5) is 0 Å². The van der Waals surface area contributed by atoms with Crippen LogP contribution in [0.5, 0.6) is 0 Å². The van der Waals surface area contributed by atoms with E-state index in [1.54, 1.807) is 5.54 Å². The Morgan fingerprint density at radius 2 is 0.808 bits per heavy atom. The largest absolute Gasteiger partial charge is 0.349 e. The number of rotatable bonds is 12. The first-order valence-electron chi connectivity index (χ1n) is 19.8. The van der Waals surface area contributed by atoms with E-state index in [9.17, 15) is 0 Å². The van der Waals surface area contributed by atoms with Gasteiger partial charge >= 0.3 is 0 Å². The van der Waals surface area contributed by atoms with Crippen LogP contribution in [-0.4, -0.2) is 45.5 Å². The summed E-state index contributed by atoms with van der Waals surface area (Å²) < 4.78 is 13.0. The SMILES string of the molecule is CCOC(OCC)c1c(C#C[Si](C(C)C)(C(C)C)C(C)C)c(C#C[Si](C)(C)C)c(C#C[Si](C)(C)C)c(C#C[Si](C(C)C)(C(C)C)C(C)C)c1/C=C/Cl. The Kier molecular flexibility index (Phi) is 18.8. The van der Waals surface area contributed by atoms with Crippen molar-refractivity contribution in [2.45, 2.75) is 176 Å². The van der Waals surface area contributed by atoms with Gasteiger partial charge in [0.15, 0.2) is 6.29 Å². The normalized spacial score (nSPS) is 12.8. The third-order valence-corrected chi connectivity index (χ3v) is 24.8. The first-order valence-corrected chi connectivity index (χ1v) is 31.7. The van der Waals surface area contributed by atoms with Crippen LogP contribution >= 0.6 is 11.6 Å². The average molecular weight is 794 g/mol. The minimum absolute atomic E-state index is 0.467. The molecule has 1 aromatic rings. The van der Waals surface area contributed by atoms with Crippen LogP contribution in [0.2, 0.25) is 72.5 Å². The zero-order valence-corrected chi connectivity index (χ0v) is 41.6. The lowest BCUT2D eigenvalue weighted by molar-refractivity contribution is -0.140. The highest BCUT2D eigenvalue weighted by atomic mass is 35.5. The molecule has 0 fully saturated rings. The molecule has 2 nitrogen and oxygen atoms in total. The van der Waals surface area contributed by atoms with Gasteiger partial charge in [-0.2, -0.15) is 0 Å². The summed E-state index contributed by atoms with van der Waals surface area (Å²) in [6.07, 6.45) is 1.29. The number of benzene rings is 1. The molecule has 1 rings (SSSR count). The molecule has 0 atom stereocenters. The van der Waals surface area contributed by atoms with Crippen LogP contribution in [-0.2, 0) is 9.47 Å². The van der Waals surface area contributed by atoms with Gasteiger partial charge in [-0.25, -0.2) is 0 Å². The van der Waals surface area contributed by atoms with Crippen molar-refractivity contribution in [2.75, 3.05) is 13.2 Å². The molecule has 0 spiro atoms. The maximum Gasteiger partial charge on any atom is 0.185 e. The Labute approximate surface area is 331 Å². The molecule has 0 amide bonds. The molecule has 0 radical (unpaired) electrons. The van der Waals surface area contributed by atoms with E-state index in [0.717, 1.165) is 33.4 Å². The highest BCUT2D eigenvalue weighted by Crippen LogP contribution is 2.43. The van der Waals surface area contributed by atoms with Crippen LogP contribution in [0, 0.1) is 45.9 Å². The van der Waals surface area contributed by atoms with Gasteiger partial charge in [-0.05, 0) is 53.2 Å². The molecule has 0 aliphatic carbocycles. The van der Waals surface area contributed by atoms with E-state index in [4.69, 9.17) is 21.1 Å². The van der Waals surface area contributed by atoms with Crippen LogP contribution in [0.3, 0.4) is 0 Å². The second-order valence-electron chi connectivity index (χ2n) is 18.2. The van der Waals surface area contributed by atoms with E-state index < -0.39 is 38.6 Å². The number of ether oxygens (including phenoxy) is 2. The fraction of sp³-hybridized carbons (Fsp3) is 0.644. The standard InChI is InChI=1S/C45H73ClO2Si4/c1-21-47-45(48-22-2)44-42(23-28-46)41(26-31-51(33(3)4,34(5)6)35(7)8)39(24-29-49(15,16)17)40(25-30-50(18,19)20)43(44)27-32-52(36(9)10,37(11)12)38(13)14/h23,28,33-38,45H,21-22H2,1-20H3/b28-23+. The smallest absolute Gasteiger partial charge is 0.185 e. The Bertz CT molecular complexity index is 1590. The minimum Gasteiger partial charge on any atom is -0.349 e. The number of hydrogen-bond acceptors (Lipinski definition) is 2. The van der Waals surface area contributed by atoms with E-state index in [1.807, 2.05) is 19.9 Å². The topological polar surface area (TPSA) is 18.5 Å². The molecule has 0 aromatic heterocycles. The number of hydrogen-bond donors (Lipinski definition) is 0. The Balaban J connectivity index is 5.24. The van der Waals surface area contributed by atoms with E-state index in [1.165, 1.54) is 0 Å². The molecule has 288 valence electrons. The molecule has 0 aliphatic rings. The van der Waals surface area contributed by atoms with Crippen LogP contribution in [0.1, 0.15) is 137 Å². The third kappa shape index (κ3) is 11.9. The van der Waals surface area contributed by atoms with E-state index >= 15 is 0 Å². The van der Waals surface area contributed by atoms with Gasteiger partial charge in [-0.3, -0.25) is 0 Å². The second kappa shape index (κ2) is 20.3. The summed E-state index contributed by atoms with van der Waals surface area (Å²) in [4.78, 5) is 0. The molecule has 7 heteroatoms. The highest BCUT2D eigenvalue weighted by Gasteiger charge is 2.43. The zero-order valence-electron chi connectivity index (χ0n) is 36.8. The van der Waals surface area contributed by atoms with Gasteiger partial charge < -0.3 is 9.47 Å². The van der Waals surface area contributed by atoms with Crippen molar-refractivity contribution in [2.24, 2.45) is 0 Å². The molecule has 0 aliphatic heterocycles. The molecule has 52 heavy (non-hydrogen) atoms. The van der Waals surface area contributed by atoms with Crippen molar-refractivity contribution in [3.8, 4) is 45.9 Å². The van der Waals surface area contributed by atoms with Gasteiger partial charge in [-0.1, -0.05) is 158 Å². The predicted molar refractivity (Wildman–Crippen MR) is 244 cm³/mol. The average Bonchev–Trinajstić information content (AvgIpc) is 2.98. The maximum atomic E-state index is 6.59. The summed E-state index contributed by atoms with van der Waals surface area (Å²) in [5.74, 6) is 15.2. The maximum absolute atomic E-state index is 6.59. The second-order valence-corrected chi connectivity index (χ2v) is 39.1. The van der Waals surface area contributed by atoms with Crippen molar-refractivity contribution in [3.63, 3.8) is 0 Å². The quantitative estimate of drug-likeness (QED) is 0.119. The summed E-state index contributed by atoms with van der Waals surface area (Å²) in [6, 6.07) is 0. The third-order valence-electron chi connectivity index (χ3n) is 10.3. The molecule has 0 N–H and O–H groups in total. The Morgan fingerprint density at radius 3 is 1.10 bits per heavy atom. The Morgan fingerprint density at radius 1 is 0.500 bits per heavy atom. The molecular weight excluding hydrogens is 720 g/mol. The molecule has 0 bridgehead atoms. The van der Waals surface area contributed by atoms with Crippen molar-refractivity contribution < 1.29 is 9.47 Å². The highest BCUT2D eigenvalue weighted by molar-refractivity contribution is 6.91. The monoisotopic (exact) mass is 792 g/mol. The van der Waals surface area contributed by atoms with Gasteiger partial charge in [0.25, 0.3) is 0 Å². The van der Waals surface area contributed by atoms with Gasteiger partial charge in [0, 0.05) is 41.0 Å². The van der Waals surface area contributed by atoms with Gasteiger partial charge in [0.2, 0.25) is 0 Å². The van der Waals surface area contributed by atoms with E-state index in [2.05, 4.69) is 168 Å². The molecule has 0 saturated carbocycles.